The normalized spacial score (nSPS) is 19.1. The van der Waals surface area contributed by atoms with E-state index in [4.69, 9.17) is 4.74 Å². The Balaban J connectivity index is 1.94. The summed E-state index contributed by atoms with van der Waals surface area (Å²) in [5.41, 5.74) is 2.67. The van der Waals surface area contributed by atoms with Crippen molar-refractivity contribution in [1.82, 2.24) is 10.2 Å². The standard InChI is InChI=1S/C16H26N2O/c1-4-14-10-13(7-8-16(14)19-3)11-18(2)12-15-6-5-9-17-15/h7-8,10,15,17H,4-6,9,11-12H2,1-3H3. The molecule has 0 bridgehead atoms. The van der Waals surface area contributed by atoms with Gasteiger partial charge in [-0.3, -0.25) is 0 Å². The Kier molecular flexibility index (Phi) is 5.23. The molecule has 0 aliphatic carbocycles. The molecule has 1 N–H and O–H groups in total. The van der Waals surface area contributed by atoms with E-state index in [9.17, 15) is 0 Å². The number of ether oxygens (including phenoxy) is 1. The average molecular weight is 262 g/mol. The molecule has 106 valence electrons. The molecule has 1 aliphatic heterocycles. The Morgan fingerprint density at radius 1 is 1.42 bits per heavy atom. The Bertz CT molecular complexity index is 400. The van der Waals surface area contributed by atoms with Gasteiger partial charge in [0.2, 0.25) is 0 Å². The van der Waals surface area contributed by atoms with E-state index in [2.05, 4.69) is 42.4 Å². The van der Waals surface area contributed by atoms with Gasteiger partial charge in [-0.15, -0.1) is 0 Å². The number of hydrogen-bond acceptors (Lipinski definition) is 3. The fourth-order valence-electron chi connectivity index (χ4n) is 2.87. The molecule has 1 aromatic carbocycles. The van der Waals surface area contributed by atoms with E-state index in [1.807, 2.05) is 0 Å². The molecule has 0 spiro atoms. The topological polar surface area (TPSA) is 24.5 Å². The van der Waals surface area contributed by atoms with Crippen molar-refractivity contribution >= 4 is 0 Å². The van der Waals surface area contributed by atoms with Crippen LogP contribution in [0.1, 0.15) is 30.9 Å². The Morgan fingerprint density at radius 3 is 2.89 bits per heavy atom. The molecule has 0 radical (unpaired) electrons. The second kappa shape index (κ2) is 6.92. The predicted octanol–water partition coefficient (Wildman–Crippen LogP) is 2.44. The molecule has 1 heterocycles. The highest BCUT2D eigenvalue weighted by molar-refractivity contribution is 5.37. The summed E-state index contributed by atoms with van der Waals surface area (Å²) in [6, 6.07) is 7.22. The second-order valence-electron chi connectivity index (χ2n) is 5.49. The number of methoxy groups -OCH3 is 1. The van der Waals surface area contributed by atoms with Gasteiger partial charge in [-0.25, -0.2) is 0 Å². The summed E-state index contributed by atoms with van der Waals surface area (Å²) in [6.45, 7) is 5.50. The molecule has 0 amide bonds. The third-order valence-corrected chi connectivity index (χ3v) is 3.87. The van der Waals surface area contributed by atoms with Crippen molar-refractivity contribution in [2.45, 2.75) is 38.8 Å². The van der Waals surface area contributed by atoms with Crippen molar-refractivity contribution in [2.24, 2.45) is 0 Å². The molecule has 1 aromatic rings. The van der Waals surface area contributed by atoms with Crippen LogP contribution in [-0.2, 0) is 13.0 Å². The first-order chi connectivity index (χ1) is 9.22. The molecule has 1 unspecified atom stereocenters. The molecule has 1 fully saturated rings. The number of aryl methyl sites for hydroxylation is 1. The smallest absolute Gasteiger partial charge is 0.122 e. The summed E-state index contributed by atoms with van der Waals surface area (Å²) in [5, 5.41) is 3.55. The zero-order chi connectivity index (χ0) is 13.7. The number of nitrogens with zero attached hydrogens (tertiary/aromatic N) is 1. The molecule has 3 heteroatoms. The SMILES string of the molecule is CCc1cc(CN(C)CC2CCCN2)ccc1OC. The number of hydrogen-bond donors (Lipinski definition) is 1. The van der Waals surface area contributed by atoms with Gasteiger partial charge < -0.3 is 15.0 Å². The van der Waals surface area contributed by atoms with E-state index < -0.39 is 0 Å². The molecule has 1 atom stereocenters. The summed E-state index contributed by atoms with van der Waals surface area (Å²) in [4.78, 5) is 2.41. The quantitative estimate of drug-likeness (QED) is 0.852. The van der Waals surface area contributed by atoms with Crippen molar-refractivity contribution < 1.29 is 4.74 Å². The van der Waals surface area contributed by atoms with E-state index in [0.717, 1.165) is 25.3 Å². The van der Waals surface area contributed by atoms with Crippen LogP contribution < -0.4 is 10.1 Å². The summed E-state index contributed by atoms with van der Waals surface area (Å²) >= 11 is 0. The molecule has 1 saturated heterocycles. The van der Waals surface area contributed by atoms with Gasteiger partial charge in [-0.2, -0.15) is 0 Å². The first kappa shape index (κ1) is 14.4. The van der Waals surface area contributed by atoms with Gasteiger partial charge in [-0.1, -0.05) is 19.1 Å². The Hall–Kier alpha value is -1.06. The van der Waals surface area contributed by atoms with Gasteiger partial charge in [0.05, 0.1) is 7.11 Å². The minimum atomic E-state index is 0.675. The third kappa shape index (κ3) is 3.95. The van der Waals surface area contributed by atoms with Crippen molar-refractivity contribution in [2.75, 3.05) is 27.2 Å². The van der Waals surface area contributed by atoms with Crippen LogP contribution >= 0.6 is 0 Å². The molecule has 0 saturated carbocycles. The molecule has 19 heavy (non-hydrogen) atoms. The van der Waals surface area contributed by atoms with Crippen molar-refractivity contribution in [3.63, 3.8) is 0 Å². The van der Waals surface area contributed by atoms with Crippen LogP contribution in [0.4, 0.5) is 0 Å². The van der Waals surface area contributed by atoms with E-state index in [1.54, 1.807) is 7.11 Å². The fraction of sp³-hybridized carbons (Fsp3) is 0.625. The van der Waals surface area contributed by atoms with Crippen LogP contribution in [0.25, 0.3) is 0 Å². The van der Waals surface area contributed by atoms with Gasteiger partial charge in [0.15, 0.2) is 0 Å². The maximum absolute atomic E-state index is 5.38. The van der Waals surface area contributed by atoms with Gasteiger partial charge >= 0.3 is 0 Å². The van der Waals surface area contributed by atoms with Crippen LogP contribution in [0.2, 0.25) is 0 Å². The maximum atomic E-state index is 5.38. The molecule has 2 rings (SSSR count). The van der Waals surface area contributed by atoms with Crippen LogP contribution in [0, 0.1) is 0 Å². The fourth-order valence-corrected chi connectivity index (χ4v) is 2.87. The van der Waals surface area contributed by atoms with Crippen molar-refractivity contribution in [3.05, 3.63) is 29.3 Å². The van der Waals surface area contributed by atoms with Gasteiger partial charge in [0.1, 0.15) is 5.75 Å². The first-order valence-electron chi connectivity index (χ1n) is 7.30. The average Bonchev–Trinajstić information content (AvgIpc) is 2.91. The Labute approximate surface area is 116 Å². The second-order valence-corrected chi connectivity index (χ2v) is 5.49. The lowest BCUT2D eigenvalue weighted by molar-refractivity contribution is 0.293. The summed E-state index contributed by atoms with van der Waals surface area (Å²) in [7, 11) is 3.95. The van der Waals surface area contributed by atoms with E-state index >= 15 is 0 Å². The minimum Gasteiger partial charge on any atom is -0.496 e. The van der Waals surface area contributed by atoms with E-state index in [-0.39, 0.29) is 0 Å². The van der Waals surface area contributed by atoms with Crippen molar-refractivity contribution in [1.29, 1.82) is 0 Å². The van der Waals surface area contributed by atoms with Gasteiger partial charge in [0.25, 0.3) is 0 Å². The van der Waals surface area contributed by atoms with Gasteiger partial charge in [0, 0.05) is 19.1 Å². The highest BCUT2D eigenvalue weighted by Crippen LogP contribution is 2.21. The van der Waals surface area contributed by atoms with Crippen LogP contribution in [-0.4, -0.2) is 38.2 Å². The lowest BCUT2D eigenvalue weighted by Crippen LogP contribution is -2.34. The summed E-state index contributed by atoms with van der Waals surface area (Å²) in [6.07, 6.45) is 3.65. The largest absolute Gasteiger partial charge is 0.496 e. The zero-order valence-electron chi connectivity index (χ0n) is 12.4. The molecule has 0 aromatic heterocycles. The highest BCUT2D eigenvalue weighted by Gasteiger charge is 2.16. The van der Waals surface area contributed by atoms with Crippen molar-refractivity contribution in [3.8, 4) is 5.75 Å². The molecule has 3 nitrogen and oxygen atoms in total. The first-order valence-corrected chi connectivity index (χ1v) is 7.30. The number of nitrogens with one attached hydrogen (secondary N) is 1. The van der Waals surface area contributed by atoms with Crippen LogP contribution in [0.3, 0.4) is 0 Å². The maximum Gasteiger partial charge on any atom is 0.122 e. The van der Waals surface area contributed by atoms with E-state index in [0.29, 0.717) is 6.04 Å². The lowest BCUT2D eigenvalue weighted by Gasteiger charge is -2.21. The zero-order valence-corrected chi connectivity index (χ0v) is 12.4. The highest BCUT2D eigenvalue weighted by atomic mass is 16.5. The number of rotatable bonds is 6. The summed E-state index contributed by atoms with van der Waals surface area (Å²) in [5.74, 6) is 1.01. The minimum absolute atomic E-state index is 0.675. The van der Waals surface area contributed by atoms with Gasteiger partial charge in [-0.05, 0) is 50.0 Å². The Morgan fingerprint density at radius 2 is 2.26 bits per heavy atom. The molecule has 1 aliphatic rings. The predicted molar refractivity (Wildman–Crippen MR) is 79.7 cm³/mol. The molecular formula is C16H26N2O. The van der Waals surface area contributed by atoms with E-state index in [1.165, 1.54) is 30.5 Å². The lowest BCUT2D eigenvalue weighted by atomic mass is 10.1. The summed E-state index contributed by atoms with van der Waals surface area (Å²) < 4.78 is 5.38. The van der Waals surface area contributed by atoms with Crippen LogP contribution in [0.5, 0.6) is 5.75 Å². The van der Waals surface area contributed by atoms with Crippen LogP contribution in [0.15, 0.2) is 18.2 Å². The molecular weight excluding hydrogens is 236 g/mol. The monoisotopic (exact) mass is 262 g/mol. The number of benzene rings is 1. The third-order valence-electron chi connectivity index (χ3n) is 3.87. The number of likely N-dealkylation sites (N-methyl/N-ethyl adjacent to an activating group) is 1.